The molecule has 0 aliphatic carbocycles. The van der Waals surface area contributed by atoms with Gasteiger partial charge in [-0.25, -0.2) is 9.97 Å². The van der Waals surface area contributed by atoms with Gasteiger partial charge in [-0.05, 0) is 44.9 Å². The van der Waals surface area contributed by atoms with Gasteiger partial charge >= 0.3 is 0 Å². The first-order chi connectivity index (χ1) is 13.5. The van der Waals surface area contributed by atoms with Crippen LogP contribution in [0.5, 0.6) is 0 Å². The highest BCUT2D eigenvalue weighted by molar-refractivity contribution is 8.01. The van der Waals surface area contributed by atoms with Gasteiger partial charge in [0.1, 0.15) is 6.10 Å². The van der Waals surface area contributed by atoms with Crippen molar-refractivity contribution in [2.75, 3.05) is 11.8 Å². The van der Waals surface area contributed by atoms with Crippen LogP contribution in [-0.2, 0) is 4.74 Å². The lowest BCUT2D eigenvalue weighted by atomic mass is 10.2. The van der Waals surface area contributed by atoms with Crippen molar-refractivity contribution >= 4 is 29.5 Å². The van der Waals surface area contributed by atoms with Crippen LogP contribution in [0.4, 0.5) is 5.95 Å². The third kappa shape index (κ3) is 4.60. The fraction of sp³-hybridized carbons (Fsp3) is 0.389. The molecule has 2 atom stereocenters. The van der Waals surface area contributed by atoms with Crippen LogP contribution in [0, 0.1) is 0 Å². The van der Waals surface area contributed by atoms with E-state index in [4.69, 9.17) is 16.3 Å². The van der Waals surface area contributed by atoms with E-state index < -0.39 is 0 Å². The fourth-order valence-corrected chi connectivity index (χ4v) is 3.61. The van der Waals surface area contributed by atoms with Gasteiger partial charge in [0.05, 0.1) is 10.3 Å². The number of halogens is 1. The molecule has 3 rings (SSSR count). The van der Waals surface area contributed by atoms with Crippen LogP contribution < -0.4 is 4.72 Å². The summed E-state index contributed by atoms with van der Waals surface area (Å²) in [5.74, 6) is 2.01. The number of pyridine rings is 1. The molecule has 0 saturated carbocycles. The molecule has 0 amide bonds. The van der Waals surface area contributed by atoms with Crippen LogP contribution in [0.15, 0.2) is 36.9 Å². The summed E-state index contributed by atoms with van der Waals surface area (Å²) in [6.07, 6.45) is 6.34. The lowest BCUT2D eigenvalue weighted by molar-refractivity contribution is 0.0972. The molecule has 3 heterocycles. The lowest BCUT2D eigenvalue weighted by Crippen LogP contribution is -2.19. The van der Waals surface area contributed by atoms with Gasteiger partial charge in [0, 0.05) is 43.5 Å². The normalized spacial score (nSPS) is 13.5. The molecule has 0 bridgehead atoms. The standard InChI is InChI=1S/C18H22ClN7OS/c1-11(2)26-17(13-6-5-7-20-8-13)23-24-18(26)25-28-12(3)15(27-4)16-21-9-14(19)10-22-16/h5-12,15H,1-4H3,(H,24,25). The summed E-state index contributed by atoms with van der Waals surface area (Å²) < 4.78 is 10.9. The summed E-state index contributed by atoms with van der Waals surface area (Å²) in [6.45, 7) is 6.20. The molecule has 0 aromatic carbocycles. The third-order valence-electron chi connectivity index (χ3n) is 4.04. The summed E-state index contributed by atoms with van der Waals surface area (Å²) in [5.41, 5.74) is 0.916. The Hall–Kier alpha value is -2.23. The zero-order valence-corrected chi connectivity index (χ0v) is 17.6. The predicted molar refractivity (Wildman–Crippen MR) is 111 cm³/mol. The molecule has 148 valence electrons. The van der Waals surface area contributed by atoms with Gasteiger partial charge in [0.25, 0.3) is 0 Å². The minimum absolute atomic E-state index is 0.00493. The third-order valence-corrected chi connectivity index (χ3v) is 5.16. The monoisotopic (exact) mass is 419 g/mol. The average Bonchev–Trinajstić information content (AvgIpc) is 3.13. The minimum Gasteiger partial charge on any atom is -0.372 e. The van der Waals surface area contributed by atoms with Gasteiger partial charge in [0.2, 0.25) is 5.95 Å². The highest BCUT2D eigenvalue weighted by atomic mass is 35.5. The largest absolute Gasteiger partial charge is 0.372 e. The second-order valence-electron chi connectivity index (χ2n) is 6.39. The molecular formula is C18H22ClN7OS. The summed E-state index contributed by atoms with van der Waals surface area (Å²) in [5, 5.41) is 9.16. The molecule has 0 spiro atoms. The fourth-order valence-electron chi connectivity index (χ4n) is 2.73. The number of ether oxygens (including phenoxy) is 1. The van der Waals surface area contributed by atoms with Gasteiger partial charge in [-0.1, -0.05) is 11.6 Å². The van der Waals surface area contributed by atoms with E-state index in [1.165, 1.54) is 11.9 Å². The molecule has 28 heavy (non-hydrogen) atoms. The maximum Gasteiger partial charge on any atom is 0.235 e. The highest BCUT2D eigenvalue weighted by Gasteiger charge is 2.24. The molecule has 0 fully saturated rings. The van der Waals surface area contributed by atoms with Crippen LogP contribution in [0.25, 0.3) is 11.4 Å². The zero-order valence-electron chi connectivity index (χ0n) is 16.1. The first kappa shape index (κ1) is 20.5. The van der Waals surface area contributed by atoms with E-state index in [1.807, 2.05) is 23.6 Å². The summed E-state index contributed by atoms with van der Waals surface area (Å²) in [7, 11) is 1.64. The van der Waals surface area contributed by atoms with E-state index in [2.05, 4.69) is 43.7 Å². The summed E-state index contributed by atoms with van der Waals surface area (Å²) >= 11 is 7.35. The average molecular weight is 420 g/mol. The zero-order chi connectivity index (χ0) is 20.1. The molecule has 1 N–H and O–H groups in total. The van der Waals surface area contributed by atoms with Crippen molar-refractivity contribution in [2.45, 2.75) is 38.2 Å². The predicted octanol–water partition coefficient (Wildman–Crippen LogP) is 4.20. The van der Waals surface area contributed by atoms with Crippen LogP contribution in [-0.4, -0.2) is 42.1 Å². The number of anilines is 1. The SMILES string of the molecule is COC(c1ncc(Cl)cn1)C(C)SNc1nnc(-c2cccnc2)n1C(C)C. The van der Waals surface area contributed by atoms with Gasteiger partial charge < -0.3 is 4.74 Å². The quantitative estimate of drug-likeness (QED) is 0.543. The lowest BCUT2D eigenvalue weighted by Gasteiger charge is -2.21. The topological polar surface area (TPSA) is 90.6 Å². The van der Waals surface area contributed by atoms with Crippen LogP contribution in [0.3, 0.4) is 0 Å². The number of aromatic nitrogens is 6. The molecule has 10 heteroatoms. The minimum atomic E-state index is -0.303. The maximum atomic E-state index is 5.87. The van der Waals surface area contributed by atoms with Gasteiger partial charge in [-0.3, -0.25) is 14.3 Å². The molecule has 0 radical (unpaired) electrons. The van der Waals surface area contributed by atoms with Crippen molar-refractivity contribution in [3.05, 3.63) is 47.8 Å². The number of rotatable bonds is 8. The summed E-state index contributed by atoms with van der Waals surface area (Å²) in [6, 6.07) is 4.02. The van der Waals surface area contributed by atoms with Crippen molar-refractivity contribution in [3.63, 3.8) is 0 Å². The number of nitrogens with zero attached hydrogens (tertiary/aromatic N) is 6. The Labute approximate surface area is 173 Å². The van der Waals surface area contributed by atoms with E-state index in [-0.39, 0.29) is 17.4 Å². The Bertz CT molecular complexity index is 889. The Morgan fingerprint density at radius 1 is 1.14 bits per heavy atom. The van der Waals surface area contributed by atoms with Crippen molar-refractivity contribution in [2.24, 2.45) is 0 Å². The van der Waals surface area contributed by atoms with E-state index in [0.29, 0.717) is 16.8 Å². The van der Waals surface area contributed by atoms with Crippen LogP contribution in [0.1, 0.15) is 38.7 Å². The van der Waals surface area contributed by atoms with E-state index >= 15 is 0 Å². The van der Waals surface area contributed by atoms with Gasteiger partial charge in [-0.2, -0.15) is 0 Å². The molecule has 0 aliphatic heterocycles. The Kier molecular flexibility index (Phi) is 6.82. The molecule has 0 saturated heterocycles. The van der Waals surface area contributed by atoms with Crippen molar-refractivity contribution in [1.29, 1.82) is 0 Å². The molecule has 8 nitrogen and oxygen atoms in total. The second kappa shape index (κ2) is 9.31. The molecular weight excluding hydrogens is 398 g/mol. The molecule has 0 aliphatic rings. The number of methoxy groups -OCH3 is 1. The summed E-state index contributed by atoms with van der Waals surface area (Å²) in [4.78, 5) is 12.7. The van der Waals surface area contributed by atoms with E-state index in [0.717, 1.165) is 11.4 Å². The number of hydrogen-bond acceptors (Lipinski definition) is 8. The van der Waals surface area contributed by atoms with Crippen LogP contribution in [0.2, 0.25) is 5.02 Å². The highest BCUT2D eigenvalue weighted by Crippen LogP contribution is 2.30. The van der Waals surface area contributed by atoms with Crippen molar-refractivity contribution < 1.29 is 4.74 Å². The van der Waals surface area contributed by atoms with E-state index in [1.54, 1.807) is 31.9 Å². The Balaban J connectivity index is 1.76. The molecule has 2 unspecified atom stereocenters. The van der Waals surface area contributed by atoms with Crippen molar-refractivity contribution in [1.82, 2.24) is 29.7 Å². The Morgan fingerprint density at radius 2 is 1.89 bits per heavy atom. The van der Waals surface area contributed by atoms with Gasteiger partial charge in [-0.15, -0.1) is 10.2 Å². The van der Waals surface area contributed by atoms with E-state index in [9.17, 15) is 0 Å². The first-order valence-corrected chi connectivity index (χ1v) is 10.0. The first-order valence-electron chi connectivity index (χ1n) is 8.78. The second-order valence-corrected chi connectivity index (χ2v) is 8.01. The molecule has 3 aromatic heterocycles. The van der Waals surface area contributed by atoms with Crippen molar-refractivity contribution in [3.8, 4) is 11.4 Å². The number of nitrogens with one attached hydrogen (secondary N) is 1. The maximum absolute atomic E-state index is 5.87. The Morgan fingerprint density at radius 3 is 2.50 bits per heavy atom. The van der Waals surface area contributed by atoms with Gasteiger partial charge in [0.15, 0.2) is 11.6 Å². The smallest absolute Gasteiger partial charge is 0.235 e. The number of hydrogen-bond donors (Lipinski definition) is 1. The van der Waals surface area contributed by atoms with Crippen LogP contribution >= 0.6 is 23.5 Å². The molecule has 3 aromatic rings.